The van der Waals surface area contributed by atoms with Gasteiger partial charge >= 0.3 is 0 Å². The Morgan fingerprint density at radius 1 is 1.08 bits per heavy atom. The van der Waals surface area contributed by atoms with E-state index in [1.165, 1.54) is 5.56 Å². The summed E-state index contributed by atoms with van der Waals surface area (Å²) in [6.45, 7) is 7.08. The Morgan fingerprint density at radius 3 is 2.58 bits per heavy atom. The second-order valence-electron chi connectivity index (χ2n) is 6.77. The SMILES string of the molecule is Cc1cnn(CC2CCN(c3nc(C)nc4c3cnn4C)CC2)c1. The molecule has 0 aliphatic carbocycles. The van der Waals surface area contributed by atoms with Gasteiger partial charge in [-0.3, -0.25) is 9.36 Å². The van der Waals surface area contributed by atoms with Crippen LogP contribution in [-0.2, 0) is 13.6 Å². The predicted octanol–water partition coefficient (Wildman–Crippen LogP) is 2.09. The van der Waals surface area contributed by atoms with Crippen molar-refractivity contribution in [2.75, 3.05) is 18.0 Å². The maximum atomic E-state index is 4.69. The summed E-state index contributed by atoms with van der Waals surface area (Å²) in [7, 11) is 1.93. The molecule has 0 saturated carbocycles. The molecule has 3 aromatic rings. The maximum Gasteiger partial charge on any atom is 0.163 e. The minimum atomic E-state index is 0.674. The average Bonchev–Trinajstić information content (AvgIpc) is 3.14. The third-order valence-electron chi connectivity index (χ3n) is 4.81. The van der Waals surface area contributed by atoms with E-state index in [0.29, 0.717) is 5.92 Å². The Kier molecular flexibility index (Phi) is 3.70. The Morgan fingerprint density at radius 2 is 1.88 bits per heavy atom. The summed E-state index contributed by atoms with van der Waals surface area (Å²) in [6, 6.07) is 0. The number of aromatic nitrogens is 6. The lowest BCUT2D eigenvalue weighted by molar-refractivity contribution is 0.342. The van der Waals surface area contributed by atoms with Crippen molar-refractivity contribution in [3.05, 3.63) is 30.0 Å². The number of rotatable bonds is 3. The van der Waals surface area contributed by atoms with E-state index in [9.17, 15) is 0 Å². The molecule has 0 aromatic carbocycles. The second kappa shape index (κ2) is 5.89. The Balaban J connectivity index is 1.50. The molecule has 0 N–H and O–H groups in total. The second-order valence-corrected chi connectivity index (χ2v) is 6.77. The fraction of sp³-hybridized carbons (Fsp3) is 0.529. The molecule has 0 radical (unpaired) electrons. The highest BCUT2D eigenvalue weighted by molar-refractivity contribution is 5.87. The number of aryl methyl sites for hydroxylation is 3. The van der Waals surface area contributed by atoms with Crippen LogP contribution < -0.4 is 4.90 Å². The van der Waals surface area contributed by atoms with Crippen LogP contribution in [0.4, 0.5) is 5.82 Å². The first-order valence-corrected chi connectivity index (χ1v) is 8.50. The highest BCUT2D eigenvalue weighted by atomic mass is 15.3. The Bertz CT molecular complexity index is 855. The van der Waals surface area contributed by atoms with Gasteiger partial charge in [-0.15, -0.1) is 0 Å². The van der Waals surface area contributed by atoms with Gasteiger partial charge in [0.15, 0.2) is 5.65 Å². The van der Waals surface area contributed by atoms with E-state index in [1.54, 1.807) is 0 Å². The number of hydrogen-bond acceptors (Lipinski definition) is 5. The van der Waals surface area contributed by atoms with Crippen molar-refractivity contribution < 1.29 is 0 Å². The number of anilines is 1. The van der Waals surface area contributed by atoms with Crippen LogP contribution in [-0.4, -0.2) is 42.6 Å². The van der Waals surface area contributed by atoms with Crippen LogP contribution >= 0.6 is 0 Å². The highest BCUT2D eigenvalue weighted by Crippen LogP contribution is 2.28. The molecular weight excluding hydrogens is 302 g/mol. The molecule has 3 aromatic heterocycles. The van der Waals surface area contributed by atoms with E-state index >= 15 is 0 Å². The predicted molar refractivity (Wildman–Crippen MR) is 92.9 cm³/mol. The van der Waals surface area contributed by atoms with Crippen LogP contribution in [0.15, 0.2) is 18.6 Å². The molecule has 126 valence electrons. The molecule has 4 rings (SSSR count). The summed E-state index contributed by atoms with van der Waals surface area (Å²) >= 11 is 0. The van der Waals surface area contributed by atoms with Gasteiger partial charge in [0, 0.05) is 32.9 Å². The molecule has 1 aliphatic heterocycles. The van der Waals surface area contributed by atoms with E-state index in [4.69, 9.17) is 4.98 Å². The van der Waals surface area contributed by atoms with Crippen molar-refractivity contribution in [1.82, 2.24) is 29.5 Å². The highest BCUT2D eigenvalue weighted by Gasteiger charge is 2.23. The van der Waals surface area contributed by atoms with Gasteiger partial charge in [-0.05, 0) is 38.2 Å². The maximum absolute atomic E-state index is 4.69. The molecular formula is C17H23N7. The topological polar surface area (TPSA) is 64.7 Å². The summed E-state index contributed by atoms with van der Waals surface area (Å²) < 4.78 is 3.89. The van der Waals surface area contributed by atoms with Crippen molar-refractivity contribution in [3.63, 3.8) is 0 Å². The number of nitrogens with zero attached hydrogens (tertiary/aromatic N) is 7. The largest absolute Gasteiger partial charge is 0.356 e. The molecule has 1 fully saturated rings. The van der Waals surface area contributed by atoms with Crippen LogP contribution in [0.5, 0.6) is 0 Å². The van der Waals surface area contributed by atoms with E-state index in [0.717, 1.165) is 55.2 Å². The molecule has 0 atom stereocenters. The summed E-state index contributed by atoms with van der Waals surface area (Å²) in [5.74, 6) is 2.50. The molecule has 0 bridgehead atoms. The van der Waals surface area contributed by atoms with Gasteiger partial charge in [-0.25, -0.2) is 9.97 Å². The summed E-state index contributed by atoms with van der Waals surface area (Å²) in [5, 5.41) is 9.80. The molecule has 0 spiro atoms. The molecule has 1 aliphatic rings. The molecule has 1 saturated heterocycles. The van der Waals surface area contributed by atoms with E-state index in [1.807, 2.05) is 31.0 Å². The van der Waals surface area contributed by atoms with Crippen LogP contribution in [0, 0.1) is 19.8 Å². The fourth-order valence-corrected chi connectivity index (χ4v) is 3.51. The molecule has 7 nitrogen and oxygen atoms in total. The van der Waals surface area contributed by atoms with Crippen molar-refractivity contribution in [2.45, 2.75) is 33.2 Å². The molecule has 0 unspecified atom stereocenters. The lowest BCUT2D eigenvalue weighted by Gasteiger charge is -2.33. The van der Waals surface area contributed by atoms with Gasteiger partial charge in [-0.1, -0.05) is 0 Å². The minimum absolute atomic E-state index is 0.674. The van der Waals surface area contributed by atoms with Crippen molar-refractivity contribution in [3.8, 4) is 0 Å². The zero-order chi connectivity index (χ0) is 16.7. The zero-order valence-electron chi connectivity index (χ0n) is 14.5. The lowest BCUT2D eigenvalue weighted by Crippen LogP contribution is -2.35. The Labute approximate surface area is 141 Å². The average molecular weight is 325 g/mol. The van der Waals surface area contributed by atoms with Crippen LogP contribution in [0.1, 0.15) is 24.2 Å². The van der Waals surface area contributed by atoms with Crippen LogP contribution in [0.25, 0.3) is 11.0 Å². The first-order valence-electron chi connectivity index (χ1n) is 8.50. The first-order chi connectivity index (χ1) is 11.6. The third kappa shape index (κ3) is 2.74. The van der Waals surface area contributed by atoms with Crippen molar-refractivity contribution >= 4 is 16.9 Å². The van der Waals surface area contributed by atoms with Gasteiger partial charge in [0.05, 0.1) is 17.8 Å². The lowest BCUT2D eigenvalue weighted by atomic mass is 9.97. The van der Waals surface area contributed by atoms with Crippen molar-refractivity contribution in [2.24, 2.45) is 13.0 Å². The third-order valence-corrected chi connectivity index (χ3v) is 4.81. The van der Waals surface area contributed by atoms with Crippen molar-refractivity contribution in [1.29, 1.82) is 0 Å². The quantitative estimate of drug-likeness (QED) is 0.738. The van der Waals surface area contributed by atoms with E-state index in [-0.39, 0.29) is 0 Å². The first kappa shape index (κ1) is 15.1. The van der Waals surface area contributed by atoms with Gasteiger partial charge in [0.2, 0.25) is 0 Å². The summed E-state index contributed by atoms with van der Waals surface area (Å²) in [4.78, 5) is 11.6. The standard InChI is InChI=1S/C17H23N7/c1-12-8-19-24(10-12)11-14-4-6-23(7-5-14)17-15-9-18-22(3)16(15)20-13(2)21-17/h8-10,14H,4-7,11H2,1-3H3. The number of piperidine rings is 1. The summed E-state index contributed by atoms with van der Waals surface area (Å²) in [6.07, 6.45) is 8.24. The molecule has 24 heavy (non-hydrogen) atoms. The molecule has 0 amide bonds. The van der Waals surface area contributed by atoms with E-state index in [2.05, 4.69) is 37.9 Å². The Hall–Kier alpha value is -2.44. The van der Waals surface area contributed by atoms with Gasteiger partial charge in [0.1, 0.15) is 11.6 Å². The number of hydrogen-bond donors (Lipinski definition) is 0. The van der Waals surface area contributed by atoms with E-state index < -0.39 is 0 Å². The molecule has 7 heteroatoms. The zero-order valence-corrected chi connectivity index (χ0v) is 14.5. The minimum Gasteiger partial charge on any atom is -0.356 e. The van der Waals surface area contributed by atoms with Gasteiger partial charge < -0.3 is 4.90 Å². The smallest absolute Gasteiger partial charge is 0.163 e. The summed E-state index contributed by atoms with van der Waals surface area (Å²) in [5.41, 5.74) is 2.13. The van der Waals surface area contributed by atoms with Crippen LogP contribution in [0.3, 0.4) is 0 Å². The fourth-order valence-electron chi connectivity index (χ4n) is 3.51. The normalized spacial score (nSPS) is 16.2. The van der Waals surface area contributed by atoms with Gasteiger partial charge in [-0.2, -0.15) is 10.2 Å². The monoisotopic (exact) mass is 325 g/mol. The van der Waals surface area contributed by atoms with Gasteiger partial charge in [0.25, 0.3) is 0 Å². The molecule has 4 heterocycles. The number of fused-ring (bicyclic) bond motifs is 1. The van der Waals surface area contributed by atoms with Crippen LogP contribution in [0.2, 0.25) is 0 Å².